The van der Waals surface area contributed by atoms with Crippen LogP contribution in [0.5, 0.6) is 0 Å². The van der Waals surface area contributed by atoms with E-state index in [-0.39, 0.29) is 12.5 Å². The van der Waals surface area contributed by atoms with E-state index in [2.05, 4.69) is 12.2 Å². The van der Waals surface area contributed by atoms with Gasteiger partial charge in [-0.25, -0.2) is 0 Å². The van der Waals surface area contributed by atoms with E-state index in [1.807, 2.05) is 0 Å². The Morgan fingerprint density at radius 3 is 2.75 bits per heavy atom. The van der Waals surface area contributed by atoms with Crippen molar-refractivity contribution in [3.63, 3.8) is 0 Å². The molecule has 2 atom stereocenters. The summed E-state index contributed by atoms with van der Waals surface area (Å²) in [5, 5.41) is 12.2. The van der Waals surface area contributed by atoms with Gasteiger partial charge >= 0.3 is 0 Å². The van der Waals surface area contributed by atoms with Crippen LogP contribution in [0.3, 0.4) is 0 Å². The van der Waals surface area contributed by atoms with Gasteiger partial charge in [0, 0.05) is 19.6 Å². The molecule has 1 amide bonds. The number of amides is 1. The van der Waals surface area contributed by atoms with Crippen molar-refractivity contribution in [2.45, 2.75) is 51.9 Å². The number of unbranched alkanes of at least 4 members (excludes halogenated alkanes) is 2. The minimum absolute atomic E-state index is 0.178. The van der Waals surface area contributed by atoms with Crippen LogP contribution in [-0.2, 0) is 4.79 Å². The van der Waals surface area contributed by atoms with Crippen molar-refractivity contribution < 1.29 is 9.90 Å². The normalized spacial score (nSPS) is 24.6. The molecule has 1 rings (SSSR count). The molecule has 1 fully saturated rings. The van der Waals surface area contributed by atoms with E-state index in [0.29, 0.717) is 18.3 Å². The van der Waals surface area contributed by atoms with Crippen LogP contribution in [0.2, 0.25) is 0 Å². The Morgan fingerprint density at radius 2 is 2.06 bits per heavy atom. The summed E-state index contributed by atoms with van der Waals surface area (Å²) < 4.78 is 0. The highest BCUT2D eigenvalue weighted by Crippen LogP contribution is 2.30. The average molecular weight is 227 g/mol. The second-order valence-electron chi connectivity index (χ2n) is 4.89. The van der Waals surface area contributed by atoms with Gasteiger partial charge in [0.25, 0.3) is 0 Å². The first-order chi connectivity index (χ1) is 7.77. The minimum Gasteiger partial charge on any atom is -0.396 e. The predicted molar refractivity (Wildman–Crippen MR) is 65.1 cm³/mol. The van der Waals surface area contributed by atoms with Crippen molar-refractivity contribution in [3.8, 4) is 0 Å². The van der Waals surface area contributed by atoms with Gasteiger partial charge in [0.05, 0.1) is 0 Å². The zero-order chi connectivity index (χ0) is 11.8. The van der Waals surface area contributed by atoms with Gasteiger partial charge in [0.15, 0.2) is 0 Å². The third-order valence-corrected chi connectivity index (χ3v) is 3.62. The van der Waals surface area contributed by atoms with Gasteiger partial charge in [-0.3, -0.25) is 4.79 Å². The largest absolute Gasteiger partial charge is 0.396 e. The summed E-state index contributed by atoms with van der Waals surface area (Å²) in [7, 11) is 0. The number of nitrogens with one attached hydrogen (secondary N) is 1. The molecule has 16 heavy (non-hydrogen) atoms. The standard InChI is InChI=1S/C13H25NO2/c1-2-3-4-8-13(16)14-9-11-6-5-7-12(11)10-15/h11-12,15H,2-10H2,1H3,(H,14,16). The highest BCUT2D eigenvalue weighted by Gasteiger charge is 2.26. The monoisotopic (exact) mass is 227 g/mol. The molecular formula is C13H25NO2. The molecule has 0 aromatic rings. The molecule has 1 aliphatic carbocycles. The lowest BCUT2D eigenvalue weighted by atomic mass is 9.97. The van der Waals surface area contributed by atoms with Crippen LogP contribution < -0.4 is 5.32 Å². The molecule has 3 heteroatoms. The summed E-state index contributed by atoms with van der Waals surface area (Å²) in [5.41, 5.74) is 0. The Kier molecular flexibility index (Phi) is 6.46. The second kappa shape index (κ2) is 7.66. The number of hydrogen-bond acceptors (Lipinski definition) is 2. The lowest BCUT2D eigenvalue weighted by Crippen LogP contribution is -2.31. The van der Waals surface area contributed by atoms with Crippen molar-refractivity contribution in [2.24, 2.45) is 11.8 Å². The number of carbonyl (C=O) groups excluding carboxylic acids is 1. The fourth-order valence-electron chi connectivity index (χ4n) is 2.49. The van der Waals surface area contributed by atoms with Gasteiger partial charge in [-0.2, -0.15) is 0 Å². The average Bonchev–Trinajstić information content (AvgIpc) is 2.74. The lowest BCUT2D eigenvalue weighted by molar-refractivity contribution is -0.121. The van der Waals surface area contributed by atoms with Crippen molar-refractivity contribution >= 4 is 5.91 Å². The molecule has 0 heterocycles. The maximum absolute atomic E-state index is 11.5. The van der Waals surface area contributed by atoms with E-state index in [9.17, 15) is 4.79 Å². The molecule has 0 saturated heterocycles. The number of aliphatic hydroxyl groups excluding tert-OH is 1. The van der Waals surface area contributed by atoms with Crippen LogP contribution in [0.1, 0.15) is 51.9 Å². The Hall–Kier alpha value is -0.570. The predicted octanol–water partition coefficient (Wildman–Crippen LogP) is 2.09. The summed E-state index contributed by atoms with van der Waals surface area (Å²) in [4.78, 5) is 11.5. The van der Waals surface area contributed by atoms with Crippen LogP contribution >= 0.6 is 0 Å². The Bertz CT molecular complexity index is 206. The van der Waals surface area contributed by atoms with Gasteiger partial charge in [-0.1, -0.05) is 26.2 Å². The molecule has 0 aromatic heterocycles. The first-order valence-electron chi connectivity index (χ1n) is 6.65. The fraction of sp³-hybridized carbons (Fsp3) is 0.923. The van der Waals surface area contributed by atoms with Crippen LogP contribution in [-0.4, -0.2) is 24.2 Å². The molecule has 3 nitrogen and oxygen atoms in total. The third-order valence-electron chi connectivity index (χ3n) is 3.62. The molecular weight excluding hydrogens is 202 g/mol. The maximum Gasteiger partial charge on any atom is 0.220 e. The number of hydrogen-bond donors (Lipinski definition) is 2. The SMILES string of the molecule is CCCCCC(=O)NCC1CCCC1CO. The molecule has 0 aliphatic heterocycles. The topological polar surface area (TPSA) is 49.3 Å². The van der Waals surface area contributed by atoms with Gasteiger partial charge in [0.2, 0.25) is 5.91 Å². The van der Waals surface area contributed by atoms with E-state index < -0.39 is 0 Å². The third kappa shape index (κ3) is 4.52. The van der Waals surface area contributed by atoms with Gasteiger partial charge in [-0.05, 0) is 31.1 Å². The van der Waals surface area contributed by atoms with E-state index in [1.165, 1.54) is 6.42 Å². The van der Waals surface area contributed by atoms with E-state index in [0.717, 1.165) is 38.6 Å². The Labute approximate surface area is 98.6 Å². The van der Waals surface area contributed by atoms with Crippen LogP contribution in [0, 0.1) is 11.8 Å². The van der Waals surface area contributed by atoms with Crippen molar-refractivity contribution in [1.29, 1.82) is 0 Å². The molecule has 1 aliphatic rings. The highest BCUT2D eigenvalue weighted by atomic mass is 16.3. The lowest BCUT2D eigenvalue weighted by Gasteiger charge is -2.17. The van der Waals surface area contributed by atoms with Crippen molar-refractivity contribution in [3.05, 3.63) is 0 Å². The van der Waals surface area contributed by atoms with Crippen molar-refractivity contribution in [2.75, 3.05) is 13.2 Å². The van der Waals surface area contributed by atoms with Gasteiger partial charge < -0.3 is 10.4 Å². The summed E-state index contributed by atoms with van der Waals surface area (Å²) in [6.45, 7) is 3.18. The van der Waals surface area contributed by atoms with Crippen LogP contribution in [0.15, 0.2) is 0 Å². The van der Waals surface area contributed by atoms with Gasteiger partial charge in [-0.15, -0.1) is 0 Å². The molecule has 0 radical (unpaired) electrons. The molecule has 1 saturated carbocycles. The van der Waals surface area contributed by atoms with E-state index in [1.54, 1.807) is 0 Å². The Morgan fingerprint density at radius 1 is 1.31 bits per heavy atom. The van der Waals surface area contributed by atoms with E-state index in [4.69, 9.17) is 5.11 Å². The summed E-state index contributed by atoms with van der Waals surface area (Å²) in [6, 6.07) is 0. The van der Waals surface area contributed by atoms with Gasteiger partial charge in [0.1, 0.15) is 0 Å². The molecule has 2 unspecified atom stereocenters. The number of aliphatic hydroxyl groups is 1. The first-order valence-corrected chi connectivity index (χ1v) is 6.65. The molecule has 0 bridgehead atoms. The first kappa shape index (κ1) is 13.5. The molecule has 0 spiro atoms. The second-order valence-corrected chi connectivity index (χ2v) is 4.89. The van der Waals surface area contributed by atoms with Crippen molar-refractivity contribution in [1.82, 2.24) is 5.32 Å². The fourth-order valence-corrected chi connectivity index (χ4v) is 2.49. The highest BCUT2D eigenvalue weighted by molar-refractivity contribution is 5.75. The van der Waals surface area contributed by atoms with Crippen LogP contribution in [0.4, 0.5) is 0 Å². The summed E-state index contributed by atoms with van der Waals surface area (Å²) in [6.07, 6.45) is 7.41. The molecule has 2 N–H and O–H groups in total. The zero-order valence-corrected chi connectivity index (χ0v) is 10.4. The number of rotatable bonds is 7. The van der Waals surface area contributed by atoms with Crippen LogP contribution in [0.25, 0.3) is 0 Å². The summed E-state index contributed by atoms with van der Waals surface area (Å²) >= 11 is 0. The minimum atomic E-state index is 0.178. The summed E-state index contributed by atoms with van der Waals surface area (Å²) in [5.74, 6) is 1.09. The Balaban J connectivity index is 2.11. The zero-order valence-electron chi connectivity index (χ0n) is 10.4. The maximum atomic E-state index is 11.5. The molecule has 94 valence electrons. The van der Waals surface area contributed by atoms with E-state index >= 15 is 0 Å². The number of carbonyl (C=O) groups is 1. The quantitative estimate of drug-likeness (QED) is 0.654. The smallest absolute Gasteiger partial charge is 0.220 e. The molecule has 0 aromatic carbocycles.